The molecular weight excluding hydrogens is 384 g/mol. The molecule has 0 aliphatic carbocycles. The van der Waals surface area contributed by atoms with Crippen LogP contribution in [0, 0.1) is 5.92 Å². The van der Waals surface area contributed by atoms with Gasteiger partial charge in [0.15, 0.2) is 0 Å². The van der Waals surface area contributed by atoms with Crippen LogP contribution in [0.4, 0.5) is 0 Å². The van der Waals surface area contributed by atoms with Crippen molar-refractivity contribution in [2.24, 2.45) is 11.7 Å². The van der Waals surface area contributed by atoms with Crippen LogP contribution >= 0.6 is 0 Å². The number of carboxylic acids is 1. The van der Waals surface area contributed by atoms with E-state index in [1.54, 1.807) is 6.20 Å². The number of aliphatic carboxylic acids is 1. The Morgan fingerprint density at radius 1 is 1.30 bits per heavy atom. The van der Waals surface area contributed by atoms with Crippen LogP contribution in [0.15, 0.2) is 30.5 Å². The summed E-state index contributed by atoms with van der Waals surface area (Å²) in [4.78, 5) is 42.1. The summed E-state index contributed by atoms with van der Waals surface area (Å²) < 4.78 is 0. The number of nitrogens with zero attached hydrogens (tertiary/aromatic N) is 1. The highest BCUT2D eigenvalue weighted by Crippen LogP contribution is 2.22. The molecule has 162 valence electrons. The SMILES string of the molecule is CC(C)CC(N)C(=O)N1CCCC1C(=O)NC(Cc1c[nH]c2ccccc12)C(=O)O. The van der Waals surface area contributed by atoms with Crippen molar-refractivity contribution in [2.75, 3.05) is 6.54 Å². The highest BCUT2D eigenvalue weighted by atomic mass is 16.4. The lowest BCUT2D eigenvalue weighted by Crippen LogP contribution is -2.54. The van der Waals surface area contributed by atoms with E-state index in [-0.39, 0.29) is 18.2 Å². The van der Waals surface area contributed by atoms with Gasteiger partial charge in [0, 0.05) is 30.1 Å². The molecule has 1 aromatic heterocycles. The smallest absolute Gasteiger partial charge is 0.326 e. The number of carboxylic acid groups (broad SMARTS) is 1. The molecule has 0 radical (unpaired) electrons. The van der Waals surface area contributed by atoms with E-state index in [0.717, 1.165) is 16.5 Å². The Balaban J connectivity index is 1.70. The van der Waals surface area contributed by atoms with Crippen molar-refractivity contribution in [3.63, 3.8) is 0 Å². The van der Waals surface area contributed by atoms with Crippen LogP contribution in [-0.4, -0.2) is 57.4 Å². The third-order valence-corrected chi connectivity index (χ3v) is 5.59. The van der Waals surface area contributed by atoms with Crippen LogP contribution in [-0.2, 0) is 20.8 Å². The maximum Gasteiger partial charge on any atom is 0.326 e. The molecule has 2 amide bonds. The molecule has 1 saturated heterocycles. The second-order valence-electron chi connectivity index (χ2n) is 8.39. The molecule has 1 aliphatic heterocycles. The lowest BCUT2D eigenvalue weighted by Gasteiger charge is -2.28. The zero-order valence-electron chi connectivity index (χ0n) is 17.4. The van der Waals surface area contributed by atoms with Gasteiger partial charge in [-0.2, -0.15) is 0 Å². The number of carbonyl (C=O) groups is 3. The monoisotopic (exact) mass is 414 g/mol. The standard InChI is InChI=1S/C22H30N4O4/c1-13(2)10-16(23)21(28)26-9-5-8-19(26)20(27)25-18(22(29)30)11-14-12-24-17-7-4-3-6-15(14)17/h3-4,6-7,12-13,16,18-19,24H,5,8-11,23H2,1-2H3,(H,25,27)(H,29,30). The Morgan fingerprint density at radius 3 is 2.73 bits per heavy atom. The average molecular weight is 415 g/mol. The maximum atomic E-state index is 12.9. The van der Waals surface area contributed by atoms with Gasteiger partial charge in [0.1, 0.15) is 12.1 Å². The molecule has 1 fully saturated rings. The largest absolute Gasteiger partial charge is 0.480 e. The fourth-order valence-corrected chi connectivity index (χ4v) is 4.11. The summed E-state index contributed by atoms with van der Waals surface area (Å²) >= 11 is 0. The predicted molar refractivity (Wildman–Crippen MR) is 114 cm³/mol. The molecular formula is C22H30N4O4. The summed E-state index contributed by atoms with van der Waals surface area (Å²) in [5.41, 5.74) is 7.76. The summed E-state index contributed by atoms with van der Waals surface area (Å²) in [6.45, 7) is 4.44. The fraction of sp³-hybridized carbons (Fsp3) is 0.500. The molecule has 5 N–H and O–H groups in total. The van der Waals surface area contributed by atoms with Crippen LogP contribution < -0.4 is 11.1 Å². The molecule has 3 atom stereocenters. The van der Waals surface area contributed by atoms with Crippen LogP contribution in [0.5, 0.6) is 0 Å². The first-order valence-electron chi connectivity index (χ1n) is 10.4. The number of H-pyrrole nitrogens is 1. The van der Waals surface area contributed by atoms with Gasteiger partial charge in [-0.05, 0) is 36.8 Å². The molecule has 8 nitrogen and oxygen atoms in total. The van der Waals surface area contributed by atoms with E-state index in [1.807, 2.05) is 38.1 Å². The van der Waals surface area contributed by atoms with E-state index in [4.69, 9.17) is 5.73 Å². The maximum absolute atomic E-state index is 12.9. The van der Waals surface area contributed by atoms with Gasteiger partial charge >= 0.3 is 5.97 Å². The number of rotatable bonds is 8. The Morgan fingerprint density at radius 2 is 2.03 bits per heavy atom. The van der Waals surface area contributed by atoms with Gasteiger partial charge in [0.25, 0.3) is 0 Å². The lowest BCUT2D eigenvalue weighted by atomic mass is 10.0. The van der Waals surface area contributed by atoms with Crippen LogP contribution in [0.3, 0.4) is 0 Å². The molecule has 0 bridgehead atoms. The van der Waals surface area contributed by atoms with Crippen molar-refractivity contribution in [2.45, 2.75) is 57.7 Å². The van der Waals surface area contributed by atoms with Gasteiger partial charge in [-0.25, -0.2) is 4.79 Å². The first-order chi connectivity index (χ1) is 14.3. The average Bonchev–Trinajstić information content (AvgIpc) is 3.33. The number of nitrogens with one attached hydrogen (secondary N) is 2. The number of hydrogen-bond donors (Lipinski definition) is 4. The van der Waals surface area contributed by atoms with Crippen molar-refractivity contribution in [3.8, 4) is 0 Å². The molecule has 2 heterocycles. The van der Waals surface area contributed by atoms with Crippen molar-refractivity contribution in [1.82, 2.24) is 15.2 Å². The van der Waals surface area contributed by atoms with Crippen molar-refractivity contribution in [3.05, 3.63) is 36.0 Å². The quantitative estimate of drug-likeness (QED) is 0.522. The Labute approximate surface area is 175 Å². The van der Waals surface area contributed by atoms with Gasteiger partial charge in [-0.1, -0.05) is 32.0 Å². The van der Waals surface area contributed by atoms with Crippen molar-refractivity contribution < 1.29 is 19.5 Å². The minimum absolute atomic E-state index is 0.151. The molecule has 3 unspecified atom stereocenters. The van der Waals surface area contributed by atoms with Gasteiger partial charge in [0.05, 0.1) is 6.04 Å². The highest BCUT2D eigenvalue weighted by Gasteiger charge is 2.37. The van der Waals surface area contributed by atoms with E-state index in [1.165, 1.54) is 4.90 Å². The van der Waals surface area contributed by atoms with E-state index in [0.29, 0.717) is 25.8 Å². The van der Waals surface area contributed by atoms with Gasteiger partial charge < -0.3 is 26.0 Å². The molecule has 0 spiro atoms. The molecule has 8 heteroatoms. The molecule has 2 aromatic rings. The molecule has 3 rings (SSSR count). The highest BCUT2D eigenvalue weighted by molar-refractivity contribution is 5.92. The summed E-state index contributed by atoms with van der Waals surface area (Å²) in [6, 6.07) is 5.19. The zero-order chi connectivity index (χ0) is 21.8. The summed E-state index contributed by atoms with van der Waals surface area (Å²) in [6.07, 6.45) is 3.66. The summed E-state index contributed by atoms with van der Waals surface area (Å²) in [5, 5.41) is 13.2. The summed E-state index contributed by atoms with van der Waals surface area (Å²) in [7, 11) is 0. The normalized spacial score (nSPS) is 18.5. The fourth-order valence-electron chi connectivity index (χ4n) is 4.11. The second-order valence-corrected chi connectivity index (χ2v) is 8.39. The number of para-hydroxylation sites is 1. The number of nitrogens with two attached hydrogens (primary N) is 1. The molecule has 30 heavy (non-hydrogen) atoms. The first-order valence-corrected chi connectivity index (χ1v) is 10.4. The van der Waals surface area contributed by atoms with E-state index in [2.05, 4.69) is 10.3 Å². The lowest BCUT2D eigenvalue weighted by molar-refractivity contribution is -0.144. The van der Waals surface area contributed by atoms with E-state index < -0.39 is 30.0 Å². The predicted octanol–water partition coefficient (Wildman–Crippen LogP) is 1.64. The first kappa shape index (κ1) is 21.8. The zero-order valence-corrected chi connectivity index (χ0v) is 17.4. The Kier molecular flexibility index (Phi) is 6.77. The number of aromatic amines is 1. The third kappa shape index (κ3) is 4.81. The Bertz CT molecular complexity index is 923. The third-order valence-electron chi connectivity index (χ3n) is 5.59. The molecule has 1 aliphatic rings. The number of amides is 2. The minimum atomic E-state index is -1.11. The van der Waals surface area contributed by atoms with Gasteiger partial charge in [0.2, 0.25) is 11.8 Å². The van der Waals surface area contributed by atoms with Crippen LogP contribution in [0.2, 0.25) is 0 Å². The topological polar surface area (TPSA) is 129 Å². The van der Waals surface area contributed by atoms with Crippen molar-refractivity contribution in [1.29, 1.82) is 0 Å². The number of aromatic nitrogens is 1. The van der Waals surface area contributed by atoms with Crippen molar-refractivity contribution >= 4 is 28.7 Å². The number of fused-ring (bicyclic) bond motifs is 1. The summed E-state index contributed by atoms with van der Waals surface area (Å²) in [5.74, 6) is -1.53. The van der Waals surface area contributed by atoms with Gasteiger partial charge in [-0.15, -0.1) is 0 Å². The Hall–Kier alpha value is -2.87. The molecule has 0 saturated carbocycles. The van der Waals surface area contributed by atoms with E-state index in [9.17, 15) is 19.5 Å². The van der Waals surface area contributed by atoms with Crippen LogP contribution in [0.25, 0.3) is 10.9 Å². The van der Waals surface area contributed by atoms with E-state index >= 15 is 0 Å². The number of benzene rings is 1. The number of carbonyl (C=O) groups excluding carboxylic acids is 2. The molecule has 1 aromatic carbocycles. The second kappa shape index (κ2) is 9.30. The van der Waals surface area contributed by atoms with Crippen LogP contribution in [0.1, 0.15) is 38.7 Å². The number of likely N-dealkylation sites (tertiary alicyclic amines) is 1. The van der Waals surface area contributed by atoms with Gasteiger partial charge in [-0.3, -0.25) is 9.59 Å². The minimum Gasteiger partial charge on any atom is -0.480 e. The number of hydrogen-bond acceptors (Lipinski definition) is 4.